The molecule has 0 bridgehead atoms. The molecule has 2 N–H and O–H groups in total. The van der Waals surface area contributed by atoms with E-state index in [2.05, 4.69) is 57.9 Å². The monoisotopic (exact) mass is 209 g/mol. The summed E-state index contributed by atoms with van der Waals surface area (Å²) >= 11 is 0. The Morgan fingerprint density at radius 2 is 2.12 bits per heavy atom. The molecule has 0 spiro atoms. The lowest BCUT2D eigenvalue weighted by atomic mass is 10.2. The van der Waals surface area contributed by atoms with E-state index >= 15 is 0 Å². The molecule has 4 rings (SSSR count). The number of nitrogens with zero attached hydrogens (tertiary/aromatic N) is 1. The van der Waals surface area contributed by atoms with Crippen LogP contribution in [0.15, 0.2) is 36.2 Å². The third kappa shape index (κ3) is 0.922. The molecular formula is C13H11N3. The molecule has 2 aliphatic heterocycles. The van der Waals surface area contributed by atoms with Crippen LogP contribution in [0.1, 0.15) is 0 Å². The largest absolute Gasteiger partial charge is 0.372 e. The van der Waals surface area contributed by atoms with Crippen molar-refractivity contribution in [3.63, 3.8) is 0 Å². The molecule has 0 atom stereocenters. The predicted molar refractivity (Wildman–Crippen MR) is 64.4 cm³/mol. The maximum absolute atomic E-state index is 3.45. The molecule has 2 aliphatic rings. The van der Waals surface area contributed by atoms with Crippen LogP contribution in [0.25, 0.3) is 23.2 Å². The summed E-state index contributed by atoms with van der Waals surface area (Å²) in [7, 11) is 0. The van der Waals surface area contributed by atoms with E-state index in [4.69, 9.17) is 0 Å². The number of hydrogen-bond acceptors (Lipinski definition) is 2. The molecule has 78 valence electrons. The minimum atomic E-state index is 0.862. The van der Waals surface area contributed by atoms with E-state index in [-0.39, 0.29) is 0 Å². The second-order valence-electron chi connectivity index (χ2n) is 4.17. The Morgan fingerprint density at radius 3 is 3.12 bits per heavy atom. The summed E-state index contributed by atoms with van der Waals surface area (Å²) in [6.07, 6.45) is 6.45. The van der Waals surface area contributed by atoms with E-state index in [1.54, 1.807) is 0 Å². The summed E-state index contributed by atoms with van der Waals surface area (Å²) in [5.74, 6) is 0. The van der Waals surface area contributed by atoms with E-state index in [1.807, 2.05) is 0 Å². The molecule has 0 fully saturated rings. The molecule has 0 amide bonds. The van der Waals surface area contributed by atoms with Gasteiger partial charge in [-0.3, -0.25) is 0 Å². The van der Waals surface area contributed by atoms with Crippen molar-refractivity contribution in [1.29, 1.82) is 0 Å². The van der Waals surface area contributed by atoms with Crippen LogP contribution in [0.5, 0.6) is 0 Å². The fourth-order valence-corrected chi connectivity index (χ4v) is 2.41. The van der Waals surface area contributed by atoms with Crippen molar-refractivity contribution in [3.05, 3.63) is 46.7 Å². The van der Waals surface area contributed by atoms with Crippen molar-refractivity contribution in [2.24, 2.45) is 0 Å². The van der Waals surface area contributed by atoms with Gasteiger partial charge in [0.15, 0.2) is 0 Å². The number of benzene rings is 1. The fourth-order valence-electron chi connectivity index (χ4n) is 2.41. The van der Waals surface area contributed by atoms with Gasteiger partial charge in [-0.2, -0.15) is 0 Å². The third-order valence-electron chi connectivity index (χ3n) is 3.20. The van der Waals surface area contributed by atoms with Crippen LogP contribution < -0.4 is 15.9 Å². The van der Waals surface area contributed by atoms with Gasteiger partial charge in [-0.05, 0) is 12.1 Å². The predicted octanol–water partition coefficient (Wildman–Crippen LogP) is 0.404. The SMILES string of the molecule is C1=C2C=c3c([nH]c4ccccc34)=CN2CN1. The van der Waals surface area contributed by atoms with Crippen molar-refractivity contribution < 1.29 is 0 Å². The molecule has 3 nitrogen and oxygen atoms in total. The molecule has 0 radical (unpaired) electrons. The number of nitrogens with one attached hydrogen (secondary N) is 2. The van der Waals surface area contributed by atoms with Gasteiger partial charge in [-0.25, -0.2) is 0 Å². The Bertz CT molecular complexity index is 721. The lowest BCUT2D eigenvalue weighted by Gasteiger charge is -2.15. The topological polar surface area (TPSA) is 31.1 Å². The molecule has 0 saturated carbocycles. The highest BCUT2D eigenvalue weighted by atomic mass is 15.3. The van der Waals surface area contributed by atoms with E-state index in [9.17, 15) is 0 Å². The maximum atomic E-state index is 3.45. The Kier molecular flexibility index (Phi) is 1.36. The molecule has 0 saturated heterocycles. The van der Waals surface area contributed by atoms with Crippen LogP contribution in [0.3, 0.4) is 0 Å². The van der Waals surface area contributed by atoms with Gasteiger partial charge in [0.2, 0.25) is 0 Å². The number of aromatic nitrogens is 1. The molecular weight excluding hydrogens is 198 g/mol. The quantitative estimate of drug-likeness (QED) is 0.658. The number of rotatable bonds is 0. The normalized spacial score (nSPS) is 17.0. The van der Waals surface area contributed by atoms with Crippen molar-refractivity contribution in [3.8, 4) is 0 Å². The Balaban J connectivity index is 2.19. The van der Waals surface area contributed by atoms with Crippen LogP contribution in [0.2, 0.25) is 0 Å². The summed E-state index contributed by atoms with van der Waals surface area (Å²) in [6.45, 7) is 0.862. The zero-order valence-corrected chi connectivity index (χ0v) is 8.70. The summed E-state index contributed by atoms with van der Waals surface area (Å²) in [4.78, 5) is 5.65. The fraction of sp³-hybridized carbons (Fsp3) is 0.0769. The molecule has 0 unspecified atom stereocenters. The summed E-state index contributed by atoms with van der Waals surface area (Å²) in [5, 5.41) is 7.01. The molecule has 2 aromatic rings. The van der Waals surface area contributed by atoms with Gasteiger partial charge in [-0.1, -0.05) is 18.2 Å². The number of para-hydroxylation sites is 1. The second-order valence-corrected chi connectivity index (χ2v) is 4.17. The number of aromatic amines is 1. The first-order valence-corrected chi connectivity index (χ1v) is 5.42. The first-order chi connectivity index (χ1) is 7.92. The third-order valence-corrected chi connectivity index (χ3v) is 3.20. The maximum Gasteiger partial charge on any atom is 0.0917 e. The van der Waals surface area contributed by atoms with Crippen LogP contribution in [-0.4, -0.2) is 16.6 Å². The summed E-state index contributed by atoms with van der Waals surface area (Å²) < 4.78 is 0. The minimum absolute atomic E-state index is 0.862. The average Bonchev–Trinajstić information content (AvgIpc) is 2.88. The van der Waals surface area contributed by atoms with Crippen LogP contribution >= 0.6 is 0 Å². The lowest BCUT2D eigenvalue weighted by molar-refractivity contribution is 0.543. The highest BCUT2D eigenvalue weighted by molar-refractivity contribution is 5.83. The zero-order chi connectivity index (χ0) is 10.5. The second kappa shape index (κ2) is 2.70. The van der Waals surface area contributed by atoms with E-state index in [0.717, 1.165) is 6.67 Å². The van der Waals surface area contributed by atoms with Crippen LogP contribution in [-0.2, 0) is 0 Å². The molecule has 3 heterocycles. The molecule has 0 aliphatic carbocycles. The van der Waals surface area contributed by atoms with Gasteiger partial charge in [-0.15, -0.1) is 0 Å². The number of H-pyrrole nitrogens is 1. The van der Waals surface area contributed by atoms with Crippen molar-refractivity contribution in [2.75, 3.05) is 6.67 Å². The molecule has 1 aromatic carbocycles. The van der Waals surface area contributed by atoms with E-state index < -0.39 is 0 Å². The number of allylic oxidation sites excluding steroid dienone is 1. The lowest BCUT2D eigenvalue weighted by Crippen LogP contribution is -2.33. The van der Waals surface area contributed by atoms with Gasteiger partial charge < -0.3 is 15.2 Å². The average molecular weight is 209 g/mol. The van der Waals surface area contributed by atoms with E-state index in [0.29, 0.717) is 0 Å². The van der Waals surface area contributed by atoms with E-state index in [1.165, 1.54) is 27.2 Å². The van der Waals surface area contributed by atoms with Gasteiger partial charge in [0.25, 0.3) is 0 Å². The summed E-state index contributed by atoms with van der Waals surface area (Å²) in [5.41, 5.74) is 2.44. The first kappa shape index (κ1) is 8.05. The Hall–Kier alpha value is -2.16. The van der Waals surface area contributed by atoms with Gasteiger partial charge in [0.05, 0.1) is 17.7 Å². The van der Waals surface area contributed by atoms with Gasteiger partial charge >= 0.3 is 0 Å². The minimum Gasteiger partial charge on any atom is -0.372 e. The first-order valence-electron chi connectivity index (χ1n) is 5.42. The van der Waals surface area contributed by atoms with Gasteiger partial charge in [0, 0.05) is 28.5 Å². The number of fused-ring (bicyclic) bond motifs is 4. The Labute approximate surface area is 92.4 Å². The molecule has 1 aromatic heterocycles. The zero-order valence-electron chi connectivity index (χ0n) is 8.70. The highest BCUT2D eigenvalue weighted by Gasteiger charge is 2.14. The molecule has 3 heteroatoms. The van der Waals surface area contributed by atoms with Crippen molar-refractivity contribution in [2.45, 2.75) is 0 Å². The summed E-state index contributed by atoms with van der Waals surface area (Å²) in [6, 6.07) is 8.42. The van der Waals surface area contributed by atoms with Crippen molar-refractivity contribution in [1.82, 2.24) is 15.2 Å². The molecule has 16 heavy (non-hydrogen) atoms. The van der Waals surface area contributed by atoms with Crippen LogP contribution in [0.4, 0.5) is 0 Å². The Morgan fingerprint density at radius 1 is 1.19 bits per heavy atom. The smallest absolute Gasteiger partial charge is 0.0917 e. The number of hydrogen-bond donors (Lipinski definition) is 2. The van der Waals surface area contributed by atoms with Gasteiger partial charge in [0.1, 0.15) is 0 Å². The van der Waals surface area contributed by atoms with Crippen LogP contribution in [0, 0.1) is 0 Å². The van der Waals surface area contributed by atoms with Crippen molar-refractivity contribution >= 4 is 23.2 Å². The standard InChI is InChI=1S/C13H11N3/c1-2-4-12-10(3-1)11-5-9-6-14-8-16(9)7-13(11)15-12/h1-7,14-15H,8H2. The highest BCUT2D eigenvalue weighted by Crippen LogP contribution is 2.13.